The van der Waals surface area contributed by atoms with Crippen molar-refractivity contribution >= 4 is 0 Å². The predicted octanol–water partition coefficient (Wildman–Crippen LogP) is 1.12. The number of aliphatic hydroxyl groups is 1. The quantitative estimate of drug-likeness (QED) is 0.740. The molecule has 0 saturated carbocycles. The van der Waals surface area contributed by atoms with E-state index in [4.69, 9.17) is 15.6 Å². The summed E-state index contributed by atoms with van der Waals surface area (Å²) < 4.78 is 5.24. The first-order valence-corrected chi connectivity index (χ1v) is 4.77. The minimum atomic E-state index is 0.153. The third-order valence-corrected chi connectivity index (χ3v) is 2.34. The van der Waals surface area contributed by atoms with Crippen LogP contribution in [0.4, 0.5) is 0 Å². The maximum absolute atomic E-state index is 8.90. The molecule has 0 saturated heterocycles. The fourth-order valence-corrected chi connectivity index (χ4v) is 1.56. The van der Waals surface area contributed by atoms with Crippen LogP contribution in [0, 0.1) is 0 Å². The molecule has 1 aromatic rings. The van der Waals surface area contributed by atoms with Gasteiger partial charge in [0.05, 0.1) is 7.11 Å². The van der Waals surface area contributed by atoms with Crippen LogP contribution in [0.5, 0.6) is 5.75 Å². The molecular formula is C11H17NO2. The Morgan fingerprint density at radius 3 is 2.71 bits per heavy atom. The lowest BCUT2D eigenvalue weighted by molar-refractivity contribution is 0.275. The molecule has 14 heavy (non-hydrogen) atoms. The summed E-state index contributed by atoms with van der Waals surface area (Å²) in [7, 11) is 1.64. The Labute approximate surface area is 84.5 Å². The monoisotopic (exact) mass is 195 g/mol. The van der Waals surface area contributed by atoms with E-state index in [2.05, 4.69) is 0 Å². The average Bonchev–Trinajstić information content (AvgIpc) is 2.26. The molecular weight excluding hydrogens is 178 g/mol. The molecule has 3 heteroatoms. The van der Waals surface area contributed by atoms with E-state index in [9.17, 15) is 0 Å². The summed E-state index contributed by atoms with van der Waals surface area (Å²) in [5.41, 5.74) is 6.72. The zero-order valence-corrected chi connectivity index (χ0v) is 8.44. The van der Waals surface area contributed by atoms with Gasteiger partial charge in [-0.25, -0.2) is 0 Å². The molecule has 0 aromatic heterocycles. The van der Waals surface area contributed by atoms with Crippen molar-refractivity contribution in [2.45, 2.75) is 12.3 Å². The Morgan fingerprint density at radius 1 is 1.43 bits per heavy atom. The van der Waals surface area contributed by atoms with Gasteiger partial charge in [0.2, 0.25) is 0 Å². The molecule has 0 heterocycles. The van der Waals surface area contributed by atoms with E-state index in [0.717, 1.165) is 11.3 Å². The molecule has 0 bridgehead atoms. The van der Waals surface area contributed by atoms with Crippen molar-refractivity contribution in [3.05, 3.63) is 29.8 Å². The van der Waals surface area contributed by atoms with Crippen molar-refractivity contribution in [2.75, 3.05) is 20.3 Å². The van der Waals surface area contributed by atoms with Crippen molar-refractivity contribution in [3.63, 3.8) is 0 Å². The van der Waals surface area contributed by atoms with Crippen LogP contribution in [0.1, 0.15) is 17.9 Å². The van der Waals surface area contributed by atoms with E-state index in [1.165, 1.54) is 0 Å². The molecule has 3 N–H and O–H groups in total. The largest absolute Gasteiger partial charge is 0.496 e. The lowest BCUT2D eigenvalue weighted by Crippen LogP contribution is -2.14. The second kappa shape index (κ2) is 5.62. The summed E-state index contributed by atoms with van der Waals surface area (Å²) in [5.74, 6) is 1.02. The highest BCUT2D eigenvalue weighted by atomic mass is 16.5. The highest BCUT2D eigenvalue weighted by molar-refractivity contribution is 5.36. The minimum absolute atomic E-state index is 0.153. The first-order valence-electron chi connectivity index (χ1n) is 4.77. The molecule has 1 rings (SSSR count). The maximum Gasteiger partial charge on any atom is 0.122 e. The van der Waals surface area contributed by atoms with E-state index in [1.807, 2.05) is 24.3 Å². The molecule has 0 fully saturated rings. The van der Waals surface area contributed by atoms with Crippen LogP contribution >= 0.6 is 0 Å². The number of benzene rings is 1. The molecule has 1 aromatic carbocycles. The maximum atomic E-state index is 8.90. The third-order valence-electron chi connectivity index (χ3n) is 2.34. The highest BCUT2D eigenvalue weighted by Gasteiger charge is 2.13. The molecule has 3 nitrogen and oxygen atoms in total. The molecule has 0 radical (unpaired) electrons. The van der Waals surface area contributed by atoms with Crippen molar-refractivity contribution < 1.29 is 9.84 Å². The molecule has 1 unspecified atom stereocenters. The van der Waals surface area contributed by atoms with Gasteiger partial charge in [0, 0.05) is 12.5 Å². The Hall–Kier alpha value is -1.06. The van der Waals surface area contributed by atoms with Gasteiger partial charge in [-0.05, 0) is 24.6 Å². The number of rotatable bonds is 5. The standard InChI is InChI=1S/C11H17NO2/c1-14-11-5-3-2-4-10(11)9(8-12)6-7-13/h2-5,9,13H,6-8,12H2,1H3. The second-order valence-corrected chi connectivity index (χ2v) is 3.19. The van der Waals surface area contributed by atoms with Gasteiger partial charge < -0.3 is 15.6 Å². The van der Waals surface area contributed by atoms with E-state index in [1.54, 1.807) is 7.11 Å². The fourth-order valence-electron chi connectivity index (χ4n) is 1.56. The van der Waals surface area contributed by atoms with Gasteiger partial charge in [-0.15, -0.1) is 0 Å². The van der Waals surface area contributed by atoms with E-state index in [0.29, 0.717) is 13.0 Å². The first kappa shape index (κ1) is 11.0. The molecule has 0 aliphatic carbocycles. The number of ether oxygens (including phenoxy) is 1. The summed E-state index contributed by atoms with van der Waals surface area (Å²) in [6.07, 6.45) is 0.677. The minimum Gasteiger partial charge on any atom is -0.496 e. The van der Waals surface area contributed by atoms with Gasteiger partial charge in [0.25, 0.3) is 0 Å². The van der Waals surface area contributed by atoms with E-state index in [-0.39, 0.29) is 12.5 Å². The van der Waals surface area contributed by atoms with Gasteiger partial charge >= 0.3 is 0 Å². The summed E-state index contributed by atoms with van der Waals surface area (Å²) >= 11 is 0. The van der Waals surface area contributed by atoms with E-state index >= 15 is 0 Å². The topological polar surface area (TPSA) is 55.5 Å². The third kappa shape index (κ3) is 2.47. The predicted molar refractivity (Wildman–Crippen MR) is 56.5 cm³/mol. The zero-order chi connectivity index (χ0) is 10.4. The normalized spacial score (nSPS) is 12.5. The highest BCUT2D eigenvalue weighted by Crippen LogP contribution is 2.27. The smallest absolute Gasteiger partial charge is 0.122 e. The molecule has 0 amide bonds. The Balaban J connectivity index is 2.90. The number of aliphatic hydroxyl groups excluding tert-OH is 1. The van der Waals surface area contributed by atoms with Gasteiger partial charge in [-0.3, -0.25) is 0 Å². The Morgan fingerprint density at radius 2 is 2.14 bits per heavy atom. The lowest BCUT2D eigenvalue weighted by Gasteiger charge is -2.16. The van der Waals surface area contributed by atoms with Crippen molar-refractivity contribution in [2.24, 2.45) is 5.73 Å². The number of hydrogen-bond donors (Lipinski definition) is 2. The van der Waals surface area contributed by atoms with Gasteiger partial charge in [-0.1, -0.05) is 18.2 Å². The van der Waals surface area contributed by atoms with Crippen LogP contribution in [-0.2, 0) is 0 Å². The molecule has 0 aliphatic rings. The van der Waals surface area contributed by atoms with Gasteiger partial charge in [0.15, 0.2) is 0 Å². The van der Waals surface area contributed by atoms with Crippen molar-refractivity contribution in [1.82, 2.24) is 0 Å². The lowest BCUT2D eigenvalue weighted by atomic mass is 9.95. The van der Waals surface area contributed by atoms with Crippen molar-refractivity contribution in [1.29, 1.82) is 0 Å². The fraction of sp³-hybridized carbons (Fsp3) is 0.455. The molecule has 78 valence electrons. The number of para-hydroxylation sites is 1. The van der Waals surface area contributed by atoms with Crippen LogP contribution in [0.3, 0.4) is 0 Å². The molecule has 0 aliphatic heterocycles. The van der Waals surface area contributed by atoms with Crippen LogP contribution < -0.4 is 10.5 Å². The summed E-state index contributed by atoms with van der Waals surface area (Å²) in [5, 5.41) is 8.90. The summed E-state index contributed by atoms with van der Waals surface area (Å²) in [4.78, 5) is 0. The van der Waals surface area contributed by atoms with Crippen LogP contribution in [0.2, 0.25) is 0 Å². The average molecular weight is 195 g/mol. The van der Waals surface area contributed by atoms with Crippen LogP contribution in [0.15, 0.2) is 24.3 Å². The Kier molecular flexibility index (Phi) is 4.43. The first-order chi connectivity index (χ1) is 6.83. The van der Waals surface area contributed by atoms with E-state index < -0.39 is 0 Å². The van der Waals surface area contributed by atoms with Crippen molar-refractivity contribution in [3.8, 4) is 5.75 Å². The molecule has 1 atom stereocenters. The number of hydrogen-bond acceptors (Lipinski definition) is 3. The SMILES string of the molecule is COc1ccccc1C(CN)CCO. The second-order valence-electron chi connectivity index (χ2n) is 3.19. The van der Waals surface area contributed by atoms with Gasteiger partial charge in [0.1, 0.15) is 5.75 Å². The summed E-state index contributed by atoms with van der Waals surface area (Å²) in [6.45, 7) is 0.681. The van der Waals surface area contributed by atoms with Gasteiger partial charge in [-0.2, -0.15) is 0 Å². The summed E-state index contributed by atoms with van der Waals surface area (Å²) in [6, 6.07) is 7.79. The zero-order valence-electron chi connectivity index (χ0n) is 8.44. The Bertz CT molecular complexity index is 276. The van der Waals surface area contributed by atoms with Crippen LogP contribution in [0.25, 0.3) is 0 Å². The number of methoxy groups -OCH3 is 1. The van der Waals surface area contributed by atoms with Crippen LogP contribution in [-0.4, -0.2) is 25.4 Å². The number of nitrogens with two attached hydrogens (primary N) is 1. The molecule has 0 spiro atoms.